The van der Waals surface area contributed by atoms with Crippen LogP contribution in [0, 0.1) is 11.3 Å². The first-order valence-electron chi connectivity index (χ1n) is 3.16. The number of thiophene rings is 1. The minimum atomic E-state index is -0.623. The first kappa shape index (κ1) is 8.21. The van der Waals surface area contributed by atoms with E-state index < -0.39 is 6.10 Å². The molecule has 0 amide bonds. The van der Waals surface area contributed by atoms with E-state index in [1.54, 1.807) is 12.1 Å². The van der Waals surface area contributed by atoms with Crippen LogP contribution in [0.25, 0.3) is 0 Å². The van der Waals surface area contributed by atoms with E-state index >= 15 is 0 Å². The number of nitrogens with two attached hydrogens (primary N) is 1. The minimum Gasteiger partial charge on any atom is -0.386 e. The van der Waals surface area contributed by atoms with E-state index in [0.717, 1.165) is 4.88 Å². The highest BCUT2D eigenvalue weighted by molar-refractivity contribution is 7.12. The van der Waals surface area contributed by atoms with Crippen molar-refractivity contribution in [3.05, 3.63) is 21.9 Å². The lowest BCUT2D eigenvalue weighted by Crippen LogP contribution is -2.09. The summed E-state index contributed by atoms with van der Waals surface area (Å²) in [6.07, 6.45) is -0.623. The average molecular weight is 168 g/mol. The molecule has 1 aromatic rings. The highest BCUT2D eigenvalue weighted by Crippen LogP contribution is 2.21. The van der Waals surface area contributed by atoms with Gasteiger partial charge in [-0.1, -0.05) is 0 Å². The van der Waals surface area contributed by atoms with Crippen LogP contribution < -0.4 is 5.73 Å². The van der Waals surface area contributed by atoms with Crippen LogP contribution in [0.5, 0.6) is 0 Å². The Hall–Kier alpha value is -0.890. The SMILES string of the molecule is N#Cc1ccc([C@@H](O)CN)s1. The van der Waals surface area contributed by atoms with E-state index in [2.05, 4.69) is 0 Å². The first-order chi connectivity index (χ1) is 5.27. The number of hydrogen-bond acceptors (Lipinski definition) is 4. The summed E-state index contributed by atoms with van der Waals surface area (Å²) in [5, 5.41) is 17.7. The second-order valence-corrected chi connectivity index (χ2v) is 3.18. The van der Waals surface area contributed by atoms with Gasteiger partial charge in [-0.3, -0.25) is 0 Å². The van der Waals surface area contributed by atoms with Crippen molar-refractivity contribution >= 4 is 11.3 Å². The monoisotopic (exact) mass is 168 g/mol. The molecule has 0 fully saturated rings. The number of rotatable bonds is 2. The summed E-state index contributed by atoms with van der Waals surface area (Å²) in [7, 11) is 0. The van der Waals surface area contributed by atoms with Crippen LogP contribution in [-0.2, 0) is 0 Å². The van der Waals surface area contributed by atoms with Gasteiger partial charge in [0.2, 0.25) is 0 Å². The van der Waals surface area contributed by atoms with Crippen LogP contribution >= 0.6 is 11.3 Å². The molecule has 0 unspecified atom stereocenters. The van der Waals surface area contributed by atoms with Crippen molar-refractivity contribution in [3.63, 3.8) is 0 Å². The quantitative estimate of drug-likeness (QED) is 0.679. The minimum absolute atomic E-state index is 0.200. The molecule has 0 aliphatic carbocycles. The summed E-state index contributed by atoms with van der Waals surface area (Å²) >= 11 is 1.27. The Labute approximate surface area is 68.7 Å². The van der Waals surface area contributed by atoms with Crippen molar-refractivity contribution in [1.82, 2.24) is 0 Å². The fourth-order valence-corrected chi connectivity index (χ4v) is 1.51. The maximum Gasteiger partial charge on any atom is 0.110 e. The number of hydrogen-bond donors (Lipinski definition) is 2. The Morgan fingerprint density at radius 3 is 2.91 bits per heavy atom. The molecule has 1 aromatic heterocycles. The van der Waals surface area contributed by atoms with Crippen LogP contribution in [-0.4, -0.2) is 11.7 Å². The van der Waals surface area contributed by atoms with Crippen molar-refractivity contribution in [1.29, 1.82) is 5.26 Å². The molecule has 1 rings (SSSR count). The third-order valence-electron chi connectivity index (χ3n) is 1.29. The number of nitriles is 1. The standard InChI is InChI=1S/C7H8N2OS/c8-3-5-1-2-7(11-5)6(10)4-9/h1-2,6,10H,4,9H2/t6-/m0/s1. The van der Waals surface area contributed by atoms with Gasteiger partial charge >= 0.3 is 0 Å². The summed E-state index contributed by atoms with van der Waals surface area (Å²) in [6, 6.07) is 5.40. The molecule has 1 atom stereocenters. The third-order valence-corrected chi connectivity index (χ3v) is 2.38. The van der Waals surface area contributed by atoms with Crippen molar-refractivity contribution in [2.24, 2.45) is 5.73 Å². The summed E-state index contributed by atoms with van der Waals surface area (Å²) in [4.78, 5) is 1.36. The van der Waals surface area contributed by atoms with Gasteiger partial charge in [0.15, 0.2) is 0 Å². The van der Waals surface area contributed by atoms with Crippen LogP contribution in [0.2, 0.25) is 0 Å². The molecule has 3 nitrogen and oxygen atoms in total. The molecule has 0 bridgehead atoms. The van der Waals surface area contributed by atoms with Crippen LogP contribution in [0.4, 0.5) is 0 Å². The molecule has 0 saturated heterocycles. The molecule has 58 valence electrons. The first-order valence-corrected chi connectivity index (χ1v) is 3.97. The Morgan fingerprint density at radius 1 is 1.73 bits per heavy atom. The Kier molecular flexibility index (Phi) is 2.60. The largest absolute Gasteiger partial charge is 0.386 e. The zero-order valence-electron chi connectivity index (χ0n) is 5.82. The molecule has 0 radical (unpaired) electrons. The number of aliphatic hydroxyl groups excluding tert-OH is 1. The molecule has 3 N–H and O–H groups in total. The lowest BCUT2D eigenvalue weighted by atomic mass is 10.3. The van der Waals surface area contributed by atoms with Crippen LogP contribution in [0.15, 0.2) is 12.1 Å². The van der Waals surface area contributed by atoms with Crippen molar-refractivity contribution in [2.45, 2.75) is 6.10 Å². The van der Waals surface area contributed by atoms with Crippen molar-refractivity contribution in [2.75, 3.05) is 6.54 Å². The van der Waals surface area contributed by atoms with E-state index in [1.807, 2.05) is 6.07 Å². The molecule has 0 aliphatic rings. The van der Waals surface area contributed by atoms with E-state index in [9.17, 15) is 5.11 Å². The maximum atomic E-state index is 9.21. The van der Waals surface area contributed by atoms with Gasteiger partial charge in [0, 0.05) is 11.4 Å². The zero-order valence-corrected chi connectivity index (χ0v) is 6.64. The van der Waals surface area contributed by atoms with Gasteiger partial charge in [-0.2, -0.15) is 5.26 Å². The Bertz CT molecular complexity index is 276. The normalized spacial score (nSPS) is 12.5. The van der Waals surface area contributed by atoms with Crippen LogP contribution in [0.1, 0.15) is 15.9 Å². The van der Waals surface area contributed by atoms with Gasteiger partial charge in [-0.05, 0) is 12.1 Å². The number of nitrogens with zero attached hydrogens (tertiary/aromatic N) is 1. The van der Waals surface area contributed by atoms with Gasteiger partial charge in [-0.25, -0.2) is 0 Å². The summed E-state index contributed by atoms with van der Waals surface area (Å²) in [5.41, 5.74) is 5.23. The topological polar surface area (TPSA) is 70.0 Å². The summed E-state index contributed by atoms with van der Waals surface area (Å²) in [5.74, 6) is 0. The third kappa shape index (κ3) is 1.77. The zero-order chi connectivity index (χ0) is 8.27. The fourth-order valence-electron chi connectivity index (χ4n) is 0.708. The van der Waals surface area contributed by atoms with Gasteiger partial charge in [-0.15, -0.1) is 11.3 Å². The smallest absolute Gasteiger partial charge is 0.110 e. The molecule has 1 heterocycles. The van der Waals surface area contributed by atoms with Gasteiger partial charge in [0.25, 0.3) is 0 Å². The molecule has 0 aliphatic heterocycles. The Morgan fingerprint density at radius 2 is 2.45 bits per heavy atom. The second-order valence-electron chi connectivity index (χ2n) is 2.07. The highest BCUT2D eigenvalue weighted by atomic mass is 32.1. The van der Waals surface area contributed by atoms with Crippen molar-refractivity contribution < 1.29 is 5.11 Å². The lowest BCUT2D eigenvalue weighted by molar-refractivity contribution is 0.190. The molecular weight excluding hydrogens is 160 g/mol. The number of aliphatic hydroxyl groups is 1. The van der Waals surface area contributed by atoms with E-state index in [-0.39, 0.29) is 6.54 Å². The average Bonchev–Trinajstić information content (AvgIpc) is 2.50. The predicted molar refractivity (Wildman–Crippen MR) is 43.0 cm³/mol. The van der Waals surface area contributed by atoms with Crippen LogP contribution in [0.3, 0.4) is 0 Å². The molecular formula is C7H8N2OS. The predicted octanol–water partition coefficient (Wildman–Crippen LogP) is 0.612. The molecule has 4 heteroatoms. The summed E-state index contributed by atoms with van der Waals surface area (Å²) < 4.78 is 0. The van der Waals surface area contributed by atoms with E-state index in [1.165, 1.54) is 11.3 Å². The van der Waals surface area contributed by atoms with E-state index in [4.69, 9.17) is 11.0 Å². The molecule has 0 aromatic carbocycles. The van der Waals surface area contributed by atoms with Gasteiger partial charge in [0.05, 0.1) is 0 Å². The van der Waals surface area contributed by atoms with Gasteiger partial charge in [0.1, 0.15) is 17.1 Å². The van der Waals surface area contributed by atoms with E-state index in [0.29, 0.717) is 4.88 Å². The second kappa shape index (κ2) is 3.49. The highest BCUT2D eigenvalue weighted by Gasteiger charge is 2.07. The molecule has 11 heavy (non-hydrogen) atoms. The lowest BCUT2D eigenvalue weighted by Gasteiger charge is -2.01. The molecule has 0 spiro atoms. The molecule has 0 saturated carbocycles. The summed E-state index contributed by atoms with van der Waals surface area (Å²) in [6.45, 7) is 0.200. The maximum absolute atomic E-state index is 9.21. The fraction of sp³-hybridized carbons (Fsp3) is 0.286. The van der Waals surface area contributed by atoms with Gasteiger partial charge < -0.3 is 10.8 Å². The van der Waals surface area contributed by atoms with Crippen molar-refractivity contribution in [3.8, 4) is 6.07 Å². The Balaban J connectivity index is 2.82.